The zero-order chi connectivity index (χ0) is 19.8. The van der Waals surface area contributed by atoms with E-state index in [1.807, 2.05) is 32.2 Å². The predicted molar refractivity (Wildman–Crippen MR) is 135 cm³/mol. The van der Waals surface area contributed by atoms with Crippen molar-refractivity contribution in [3.63, 3.8) is 0 Å². The van der Waals surface area contributed by atoms with E-state index in [9.17, 15) is 0 Å². The van der Waals surface area contributed by atoms with Gasteiger partial charge < -0.3 is 20.1 Å². The normalized spacial score (nSPS) is 19.3. The van der Waals surface area contributed by atoms with E-state index in [1.165, 1.54) is 50.3 Å². The summed E-state index contributed by atoms with van der Waals surface area (Å²) in [5, 5.41) is 6.99. The van der Waals surface area contributed by atoms with Crippen molar-refractivity contribution in [2.24, 2.45) is 4.99 Å². The van der Waals surface area contributed by atoms with Gasteiger partial charge in [-0.15, -0.1) is 24.0 Å². The summed E-state index contributed by atoms with van der Waals surface area (Å²) in [5.41, 5.74) is 1.21. The molecule has 0 bridgehead atoms. The van der Waals surface area contributed by atoms with E-state index >= 15 is 0 Å². The average Bonchev–Trinajstić information content (AvgIpc) is 3.23. The molecule has 0 atom stereocenters. The van der Waals surface area contributed by atoms with Gasteiger partial charge in [0.25, 0.3) is 0 Å². The number of thioether (sulfide) groups is 1. The quantitative estimate of drug-likeness (QED) is 0.313. The Bertz CT molecular complexity index is 662. The van der Waals surface area contributed by atoms with Gasteiger partial charge in [-0.3, -0.25) is 9.89 Å². The molecule has 1 aromatic carbocycles. The minimum absolute atomic E-state index is 0. The van der Waals surface area contributed by atoms with E-state index in [2.05, 4.69) is 32.3 Å². The molecule has 1 aromatic rings. The molecule has 0 amide bonds. The van der Waals surface area contributed by atoms with Crippen molar-refractivity contribution < 1.29 is 9.47 Å². The van der Waals surface area contributed by atoms with E-state index < -0.39 is 0 Å². The van der Waals surface area contributed by atoms with Crippen LogP contribution in [0.3, 0.4) is 0 Å². The second-order valence-electron chi connectivity index (χ2n) is 7.38. The SMILES string of the molecule is CCOc1ccc(NC(=NC)NCC2(N3CCSCC3)CCCC2)cc1OC.I. The largest absolute Gasteiger partial charge is 0.493 e. The summed E-state index contributed by atoms with van der Waals surface area (Å²) in [6, 6.07) is 5.88. The molecule has 3 rings (SSSR count). The van der Waals surface area contributed by atoms with Crippen LogP contribution >= 0.6 is 35.7 Å². The Labute approximate surface area is 196 Å². The third-order valence-corrected chi connectivity index (χ3v) is 6.69. The fraction of sp³-hybridized carbons (Fsp3) is 0.667. The third kappa shape index (κ3) is 6.30. The molecule has 1 saturated carbocycles. The number of halogens is 1. The van der Waals surface area contributed by atoms with Crippen molar-refractivity contribution in [3.05, 3.63) is 18.2 Å². The molecule has 8 heteroatoms. The zero-order valence-electron chi connectivity index (χ0n) is 17.8. The first-order valence-corrected chi connectivity index (χ1v) is 11.5. The maximum absolute atomic E-state index is 5.60. The molecular formula is C21H35IN4O2S. The third-order valence-electron chi connectivity index (χ3n) is 5.75. The number of methoxy groups -OCH3 is 1. The number of nitrogens with zero attached hydrogens (tertiary/aromatic N) is 2. The Balaban J connectivity index is 0.00000300. The average molecular weight is 535 g/mol. The smallest absolute Gasteiger partial charge is 0.195 e. The summed E-state index contributed by atoms with van der Waals surface area (Å²) >= 11 is 2.07. The Kier molecular flexibility index (Phi) is 10.2. The first-order chi connectivity index (χ1) is 13.7. The number of hydrogen-bond donors (Lipinski definition) is 2. The van der Waals surface area contributed by atoms with Gasteiger partial charge in [-0.2, -0.15) is 11.8 Å². The van der Waals surface area contributed by atoms with E-state index in [0.29, 0.717) is 6.61 Å². The number of nitrogens with one attached hydrogen (secondary N) is 2. The van der Waals surface area contributed by atoms with Crippen molar-refractivity contribution in [1.29, 1.82) is 0 Å². The number of rotatable bonds is 7. The van der Waals surface area contributed by atoms with Crippen LogP contribution in [0.5, 0.6) is 11.5 Å². The molecule has 1 aliphatic heterocycles. The van der Waals surface area contributed by atoms with Crippen molar-refractivity contribution in [2.45, 2.75) is 38.1 Å². The summed E-state index contributed by atoms with van der Waals surface area (Å²) in [4.78, 5) is 7.15. The molecule has 2 N–H and O–H groups in total. The lowest BCUT2D eigenvalue weighted by molar-refractivity contribution is 0.107. The number of anilines is 1. The minimum Gasteiger partial charge on any atom is -0.493 e. The van der Waals surface area contributed by atoms with E-state index in [1.54, 1.807) is 7.11 Å². The summed E-state index contributed by atoms with van der Waals surface area (Å²) in [6.45, 7) is 5.93. The highest BCUT2D eigenvalue weighted by molar-refractivity contribution is 14.0. The Morgan fingerprint density at radius 1 is 1.21 bits per heavy atom. The number of hydrogen-bond acceptors (Lipinski definition) is 5. The van der Waals surface area contributed by atoms with Crippen LogP contribution in [0.4, 0.5) is 5.69 Å². The van der Waals surface area contributed by atoms with Gasteiger partial charge in [0.1, 0.15) is 0 Å². The van der Waals surface area contributed by atoms with Gasteiger partial charge in [0, 0.05) is 55.5 Å². The molecule has 1 heterocycles. The van der Waals surface area contributed by atoms with Gasteiger partial charge in [0.15, 0.2) is 17.5 Å². The lowest BCUT2D eigenvalue weighted by Crippen LogP contribution is -2.57. The lowest BCUT2D eigenvalue weighted by Gasteiger charge is -2.43. The molecule has 2 fully saturated rings. The van der Waals surface area contributed by atoms with Gasteiger partial charge in [-0.1, -0.05) is 12.8 Å². The maximum Gasteiger partial charge on any atom is 0.195 e. The lowest BCUT2D eigenvalue weighted by atomic mass is 9.94. The fourth-order valence-corrected chi connectivity index (χ4v) is 5.16. The highest BCUT2D eigenvalue weighted by Crippen LogP contribution is 2.36. The first kappa shape index (κ1) is 24.4. The highest BCUT2D eigenvalue weighted by atomic mass is 127. The molecule has 0 aromatic heterocycles. The van der Waals surface area contributed by atoms with Crippen LogP contribution in [0.25, 0.3) is 0 Å². The van der Waals surface area contributed by atoms with E-state index in [-0.39, 0.29) is 29.5 Å². The molecule has 0 radical (unpaired) electrons. The summed E-state index contributed by atoms with van der Waals surface area (Å²) in [5.74, 6) is 4.78. The predicted octanol–water partition coefficient (Wildman–Crippen LogP) is 4.06. The molecule has 0 unspecified atom stereocenters. The molecule has 2 aliphatic rings. The molecule has 6 nitrogen and oxygen atoms in total. The number of guanidine groups is 1. The van der Waals surface area contributed by atoms with E-state index in [4.69, 9.17) is 9.47 Å². The monoisotopic (exact) mass is 534 g/mol. The van der Waals surface area contributed by atoms with Crippen molar-refractivity contribution in [3.8, 4) is 11.5 Å². The fourth-order valence-electron chi connectivity index (χ4n) is 4.26. The standard InChI is InChI=1S/C21H34N4O2S.HI/c1-4-27-18-8-7-17(15-19(18)26-3)24-20(22-2)23-16-21(9-5-6-10-21)25-11-13-28-14-12-25;/h7-8,15H,4-6,9-14,16H2,1-3H3,(H2,22,23,24);1H. The van der Waals surface area contributed by atoms with Crippen LogP contribution in [0.2, 0.25) is 0 Å². The molecule has 1 aliphatic carbocycles. The number of benzene rings is 1. The second kappa shape index (κ2) is 12.1. The van der Waals surface area contributed by atoms with E-state index in [0.717, 1.165) is 29.7 Å². The topological polar surface area (TPSA) is 58.1 Å². The van der Waals surface area contributed by atoms with Crippen LogP contribution in [0, 0.1) is 0 Å². The number of ether oxygens (including phenoxy) is 2. The number of aliphatic imine (C=N–C) groups is 1. The van der Waals surface area contributed by atoms with Crippen molar-refractivity contribution in [1.82, 2.24) is 10.2 Å². The first-order valence-electron chi connectivity index (χ1n) is 10.3. The van der Waals surface area contributed by atoms with Crippen LogP contribution < -0.4 is 20.1 Å². The van der Waals surface area contributed by atoms with Crippen molar-refractivity contribution in [2.75, 3.05) is 57.2 Å². The highest BCUT2D eigenvalue weighted by Gasteiger charge is 2.39. The molecule has 29 heavy (non-hydrogen) atoms. The molecular weight excluding hydrogens is 499 g/mol. The van der Waals surface area contributed by atoms with Crippen LogP contribution in [-0.4, -0.2) is 68.3 Å². The van der Waals surface area contributed by atoms with Gasteiger partial charge in [0.05, 0.1) is 13.7 Å². The summed E-state index contributed by atoms with van der Waals surface area (Å²) in [7, 11) is 3.48. The van der Waals surface area contributed by atoms with Gasteiger partial charge in [-0.05, 0) is 31.9 Å². The Hall–Kier alpha value is -0.870. The minimum atomic E-state index is 0. The maximum atomic E-state index is 5.60. The summed E-state index contributed by atoms with van der Waals surface area (Å²) in [6.07, 6.45) is 5.21. The van der Waals surface area contributed by atoms with Gasteiger partial charge in [-0.25, -0.2) is 0 Å². The van der Waals surface area contributed by atoms with Crippen LogP contribution in [-0.2, 0) is 0 Å². The van der Waals surface area contributed by atoms with Crippen LogP contribution in [0.15, 0.2) is 23.2 Å². The Morgan fingerprint density at radius 3 is 2.55 bits per heavy atom. The van der Waals surface area contributed by atoms with Crippen molar-refractivity contribution >= 4 is 47.4 Å². The molecule has 1 saturated heterocycles. The second-order valence-corrected chi connectivity index (χ2v) is 8.61. The summed E-state index contributed by atoms with van der Waals surface area (Å²) < 4.78 is 11.1. The molecule has 0 spiro atoms. The molecule has 164 valence electrons. The Morgan fingerprint density at radius 2 is 1.93 bits per heavy atom. The van der Waals surface area contributed by atoms with Crippen LogP contribution in [0.1, 0.15) is 32.6 Å². The van der Waals surface area contributed by atoms with Gasteiger partial charge >= 0.3 is 0 Å². The van der Waals surface area contributed by atoms with Gasteiger partial charge in [0.2, 0.25) is 0 Å². The zero-order valence-corrected chi connectivity index (χ0v) is 21.0.